The fraction of sp³-hybridized carbons (Fsp3) is 0. The van der Waals surface area contributed by atoms with Crippen molar-refractivity contribution in [1.29, 1.82) is 0 Å². The van der Waals surface area contributed by atoms with Gasteiger partial charge in [-0.25, -0.2) is 4.79 Å². The number of hydrogen-bond acceptors (Lipinski definition) is 4. The van der Waals surface area contributed by atoms with Crippen LogP contribution in [0.1, 0.15) is 10.4 Å². The van der Waals surface area contributed by atoms with Gasteiger partial charge < -0.3 is 16.6 Å². The van der Waals surface area contributed by atoms with E-state index in [2.05, 4.69) is 0 Å². The fourth-order valence-corrected chi connectivity index (χ4v) is 2.34. The van der Waals surface area contributed by atoms with E-state index >= 15 is 0 Å². The molecule has 2 rings (SSSR count). The number of hydrogen-bond donors (Lipinski definition) is 3. The van der Waals surface area contributed by atoms with Gasteiger partial charge in [0.1, 0.15) is 0 Å². The zero-order valence-electron chi connectivity index (χ0n) is 9.46. The maximum Gasteiger partial charge on any atom is 0.337 e. The topological polar surface area (TPSA) is 89.3 Å². The Hall–Kier alpha value is -2.14. The highest BCUT2D eigenvalue weighted by Gasteiger charge is 2.08. The van der Waals surface area contributed by atoms with Crippen molar-refractivity contribution < 1.29 is 9.90 Å². The number of carboxylic acids is 1. The lowest BCUT2D eigenvalue weighted by Gasteiger charge is -2.05. The Balaban J connectivity index is 2.22. The van der Waals surface area contributed by atoms with Crippen molar-refractivity contribution in [2.75, 3.05) is 11.5 Å². The largest absolute Gasteiger partial charge is 0.478 e. The second-order valence-electron chi connectivity index (χ2n) is 3.73. The summed E-state index contributed by atoms with van der Waals surface area (Å²) in [7, 11) is 0. The van der Waals surface area contributed by atoms with E-state index in [1.54, 1.807) is 12.1 Å². The number of carbonyl (C=O) groups is 1. The molecule has 92 valence electrons. The van der Waals surface area contributed by atoms with Crippen LogP contribution in [0.15, 0.2) is 52.3 Å². The molecule has 0 saturated heterocycles. The quantitative estimate of drug-likeness (QED) is 0.738. The fourth-order valence-electron chi connectivity index (χ4n) is 1.47. The Morgan fingerprint density at radius 1 is 1.00 bits per heavy atom. The lowest BCUT2D eigenvalue weighted by atomic mass is 10.2. The molecule has 2 aromatic rings. The molecule has 0 heterocycles. The van der Waals surface area contributed by atoms with E-state index in [1.807, 2.05) is 24.3 Å². The minimum Gasteiger partial charge on any atom is -0.478 e. The average molecular weight is 260 g/mol. The van der Waals surface area contributed by atoms with Crippen molar-refractivity contribution in [1.82, 2.24) is 0 Å². The van der Waals surface area contributed by atoms with E-state index in [0.717, 1.165) is 9.79 Å². The third kappa shape index (κ3) is 2.75. The summed E-state index contributed by atoms with van der Waals surface area (Å²) in [4.78, 5) is 12.7. The highest BCUT2D eigenvalue weighted by Crippen LogP contribution is 2.30. The highest BCUT2D eigenvalue weighted by molar-refractivity contribution is 7.99. The Bertz CT molecular complexity index is 582. The first-order valence-corrected chi connectivity index (χ1v) is 6.04. The number of carboxylic acid groups (broad SMARTS) is 1. The van der Waals surface area contributed by atoms with E-state index in [-0.39, 0.29) is 11.3 Å². The minimum atomic E-state index is -1.02. The van der Waals surface area contributed by atoms with Gasteiger partial charge in [-0.05, 0) is 42.5 Å². The summed E-state index contributed by atoms with van der Waals surface area (Å²) in [6.07, 6.45) is 0. The van der Waals surface area contributed by atoms with Crippen LogP contribution in [0.5, 0.6) is 0 Å². The molecule has 5 heteroatoms. The van der Waals surface area contributed by atoms with Crippen LogP contribution < -0.4 is 11.5 Å². The van der Waals surface area contributed by atoms with Crippen molar-refractivity contribution in [3.8, 4) is 0 Å². The molecule has 4 nitrogen and oxygen atoms in total. The molecule has 0 aromatic heterocycles. The van der Waals surface area contributed by atoms with Crippen LogP contribution in [-0.4, -0.2) is 11.1 Å². The SMILES string of the molecule is Nc1ccc(Sc2ccc(C(=O)O)c(N)c2)cc1. The molecular weight excluding hydrogens is 248 g/mol. The lowest BCUT2D eigenvalue weighted by molar-refractivity contribution is 0.0698. The summed E-state index contributed by atoms with van der Waals surface area (Å²) in [6.45, 7) is 0. The summed E-state index contributed by atoms with van der Waals surface area (Å²) in [6, 6.07) is 12.3. The Labute approximate surface area is 109 Å². The van der Waals surface area contributed by atoms with Crippen molar-refractivity contribution in [3.05, 3.63) is 48.0 Å². The first kappa shape index (κ1) is 12.3. The summed E-state index contributed by atoms with van der Waals surface area (Å²) in [5.74, 6) is -1.02. The van der Waals surface area contributed by atoms with Crippen molar-refractivity contribution in [3.63, 3.8) is 0 Å². The minimum absolute atomic E-state index is 0.122. The molecule has 0 unspecified atom stereocenters. The zero-order chi connectivity index (χ0) is 13.1. The molecule has 0 amide bonds. The Morgan fingerprint density at radius 3 is 2.17 bits per heavy atom. The smallest absolute Gasteiger partial charge is 0.337 e. The van der Waals surface area contributed by atoms with Crippen LogP contribution in [-0.2, 0) is 0 Å². The van der Waals surface area contributed by atoms with E-state index < -0.39 is 5.97 Å². The number of benzene rings is 2. The summed E-state index contributed by atoms with van der Waals surface area (Å²) >= 11 is 1.50. The average Bonchev–Trinajstić information content (AvgIpc) is 2.32. The third-order valence-corrected chi connectivity index (χ3v) is 3.37. The van der Waals surface area contributed by atoms with Gasteiger partial charge in [-0.15, -0.1) is 0 Å². The van der Waals surface area contributed by atoms with Crippen molar-refractivity contribution in [2.24, 2.45) is 0 Å². The van der Waals surface area contributed by atoms with Gasteiger partial charge in [0.25, 0.3) is 0 Å². The first-order valence-electron chi connectivity index (χ1n) is 5.22. The van der Waals surface area contributed by atoms with E-state index in [4.69, 9.17) is 16.6 Å². The van der Waals surface area contributed by atoms with E-state index in [9.17, 15) is 4.79 Å². The Morgan fingerprint density at radius 2 is 1.61 bits per heavy atom. The van der Waals surface area contributed by atoms with Gasteiger partial charge in [0.15, 0.2) is 0 Å². The number of anilines is 2. The molecule has 0 bridgehead atoms. The van der Waals surface area contributed by atoms with Crippen molar-refractivity contribution >= 4 is 29.1 Å². The van der Waals surface area contributed by atoms with E-state index in [1.165, 1.54) is 17.8 Å². The van der Waals surface area contributed by atoms with Gasteiger partial charge in [-0.3, -0.25) is 0 Å². The summed E-state index contributed by atoms with van der Waals surface area (Å²) in [5, 5.41) is 8.88. The molecule has 0 aliphatic rings. The normalized spacial score (nSPS) is 10.2. The van der Waals surface area contributed by atoms with Gasteiger partial charge in [0.2, 0.25) is 0 Å². The van der Waals surface area contributed by atoms with Crippen LogP contribution in [0.2, 0.25) is 0 Å². The van der Waals surface area contributed by atoms with Gasteiger partial charge >= 0.3 is 5.97 Å². The van der Waals surface area contributed by atoms with Crippen LogP contribution in [0.25, 0.3) is 0 Å². The predicted molar refractivity (Wildman–Crippen MR) is 72.8 cm³/mol. The van der Waals surface area contributed by atoms with Crippen LogP contribution >= 0.6 is 11.8 Å². The predicted octanol–water partition coefficient (Wildman–Crippen LogP) is 2.70. The van der Waals surface area contributed by atoms with E-state index in [0.29, 0.717) is 5.69 Å². The number of aromatic carboxylic acids is 1. The lowest BCUT2D eigenvalue weighted by Crippen LogP contribution is -2.01. The summed E-state index contributed by atoms with van der Waals surface area (Å²) in [5.41, 5.74) is 12.4. The number of nitrogens with two attached hydrogens (primary N) is 2. The van der Waals surface area contributed by atoms with Crippen LogP contribution in [0, 0.1) is 0 Å². The number of rotatable bonds is 3. The molecule has 0 radical (unpaired) electrons. The molecular formula is C13H12N2O2S. The summed E-state index contributed by atoms with van der Waals surface area (Å²) < 4.78 is 0. The van der Waals surface area contributed by atoms with Crippen molar-refractivity contribution in [2.45, 2.75) is 9.79 Å². The standard InChI is InChI=1S/C13H12N2O2S/c14-8-1-3-9(4-2-8)18-10-5-6-11(13(16)17)12(15)7-10/h1-7H,14-15H2,(H,16,17). The molecule has 2 aromatic carbocycles. The van der Waals surface area contributed by atoms with Crippen LogP contribution in [0.3, 0.4) is 0 Å². The second kappa shape index (κ2) is 5.01. The molecule has 18 heavy (non-hydrogen) atoms. The first-order chi connectivity index (χ1) is 8.56. The third-order valence-electron chi connectivity index (χ3n) is 2.37. The monoisotopic (exact) mass is 260 g/mol. The van der Waals surface area contributed by atoms with Gasteiger partial charge in [0, 0.05) is 21.2 Å². The maximum atomic E-state index is 10.8. The van der Waals surface area contributed by atoms with Gasteiger partial charge in [-0.2, -0.15) is 0 Å². The highest BCUT2D eigenvalue weighted by atomic mass is 32.2. The Kier molecular flexibility index (Phi) is 3.43. The molecule has 0 atom stereocenters. The molecule has 0 saturated carbocycles. The molecule has 0 aliphatic carbocycles. The molecule has 0 spiro atoms. The molecule has 0 fully saturated rings. The van der Waals surface area contributed by atoms with Gasteiger partial charge in [0.05, 0.1) is 5.56 Å². The number of nitrogen functional groups attached to an aromatic ring is 2. The second-order valence-corrected chi connectivity index (χ2v) is 4.87. The van der Waals surface area contributed by atoms with Crippen LogP contribution in [0.4, 0.5) is 11.4 Å². The van der Waals surface area contributed by atoms with Gasteiger partial charge in [-0.1, -0.05) is 11.8 Å². The molecule has 0 aliphatic heterocycles. The zero-order valence-corrected chi connectivity index (χ0v) is 10.3. The maximum absolute atomic E-state index is 10.8. The molecule has 5 N–H and O–H groups in total.